The number of H-pyrrole nitrogens is 1. The number of hydrogen-bond acceptors (Lipinski definition) is 4. The number of aryl methyl sites for hydroxylation is 1. The number of fused-ring (bicyclic) bond motifs is 1. The molecule has 0 saturated heterocycles. The third-order valence-electron chi connectivity index (χ3n) is 3.16. The lowest BCUT2D eigenvalue weighted by Gasteiger charge is -2.05. The van der Waals surface area contributed by atoms with Gasteiger partial charge in [-0.05, 0) is 24.6 Å². The quantitative estimate of drug-likeness (QED) is 0.697. The molecule has 0 saturated carbocycles. The van der Waals surface area contributed by atoms with Crippen molar-refractivity contribution >= 4 is 16.9 Å². The van der Waals surface area contributed by atoms with Crippen molar-refractivity contribution in [3.63, 3.8) is 0 Å². The van der Waals surface area contributed by atoms with Gasteiger partial charge in [0.05, 0.1) is 11.0 Å². The molecule has 1 amide bonds. The summed E-state index contributed by atoms with van der Waals surface area (Å²) >= 11 is 0. The number of amides is 1. The molecule has 106 valence electrons. The molecule has 0 bridgehead atoms. The standard InChI is InChI=1S/C15H15N5O/c21-15(20-5-1-2-14-18-8-9-19-14)11-3-4-12-13(10-11)17-7-6-16-12/h3-4,6-10H,1-2,5H2,(H,18,19)(H,20,21). The van der Waals surface area contributed by atoms with E-state index in [1.54, 1.807) is 43.0 Å². The van der Waals surface area contributed by atoms with E-state index in [-0.39, 0.29) is 5.91 Å². The number of aromatic nitrogens is 4. The lowest BCUT2D eigenvalue weighted by molar-refractivity contribution is 0.0953. The Morgan fingerprint density at radius 3 is 2.76 bits per heavy atom. The Morgan fingerprint density at radius 1 is 1.10 bits per heavy atom. The van der Waals surface area contributed by atoms with Crippen molar-refractivity contribution in [2.24, 2.45) is 0 Å². The van der Waals surface area contributed by atoms with E-state index in [0.717, 1.165) is 29.7 Å². The zero-order chi connectivity index (χ0) is 14.5. The Kier molecular flexibility index (Phi) is 3.86. The van der Waals surface area contributed by atoms with E-state index in [1.807, 2.05) is 0 Å². The van der Waals surface area contributed by atoms with E-state index in [9.17, 15) is 4.79 Å². The molecule has 0 aliphatic heterocycles. The third kappa shape index (κ3) is 3.22. The van der Waals surface area contributed by atoms with E-state index in [2.05, 4.69) is 25.3 Å². The fraction of sp³-hybridized carbons (Fsp3) is 0.200. The van der Waals surface area contributed by atoms with Crippen molar-refractivity contribution in [1.82, 2.24) is 25.3 Å². The van der Waals surface area contributed by atoms with Crippen LogP contribution in [0.25, 0.3) is 11.0 Å². The molecule has 6 heteroatoms. The number of benzene rings is 1. The molecule has 2 aromatic heterocycles. The number of nitrogens with zero attached hydrogens (tertiary/aromatic N) is 3. The van der Waals surface area contributed by atoms with Crippen LogP contribution in [0, 0.1) is 0 Å². The van der Waals surface area contributed by atoms with Crippen LogP contribution < -0.4 is 5.32 Å². The van der Waals surface area contributed by atoms with Crippen molar-refractivity contribution in [1.29, 1.82) is 0 Å². The molecule has 0 spiro atoms. The minimum atomic E-state index is -0.0954. The number of imidazole rings is 1. The molecule has 2 N–H and O–H groups in total. The second kappa shape index (κ2) is 6.13. The highest BCUT2D eigenvalue weighted by molar-refractivity contribution is 5.97. The smallest absolute Gasteiger partial charge is 0.251 e. The van der Waals surface area contributed by atoms with Crippen LogP contribution in [-0.2, 0) is 6.42 Å². The van der Waals surface area contributed by atoms with Gasteiger partial charge < -0.3 is 10.3 Å². The van der Waals surface area contributed by atoms with E-state index < -0.39 is 0 Å². The predicted octanol–water partition coefficient (Wildman–Crippen LogP) is 1.72. The topological polar surface area (TPSA) is 83.6 Å². The van der Waals surface area contributed by atoms with Gasteiger partial charge in [0.25, 0.3) is 5.91 Å². The minimum Gasteiger partial charge on any atom is -0.352 e. The van der Waals surface area contributed by atoms with Crippen molar-refractivity contribution in [3.05, 3.63) is 54.4 Å². The van der Waals surface area contributed by atoms with Gasteiger partial charge in [0.1, 0.15) is 5.82 Å². The number of aromatic amines is 1. The molecular weight excluding hydrogens is 266 g/mol. The maximum Gasteiger partial charge on any atom is 0.251 e. The fourth-order valence-electron chi connectivity index (χ4n) is 2.10. The van der Waals surface area contributed by atoms with Gasteiger partial charge in [0.15, 0.2) is 0 Å². The van der Waals surface area contributed by atoms with E-state index in [4.69, 9.17) is 0 Å². The molecule has 3 aromatic rings. The predicted molar refractivity (Wildman–Crippen MR) is 78.8 cm³/mol. The highest BCUT2D eigenvalue weighted by atomic mass is 16.1. The number of nitrogens with one attached hydrogen (secondary N) is 2. The summed E-state index contributed by atoms with van der Waals surface area (Å²) in [7, 11) is 0. The summed E-state index contributed by atoms with van der Waals surface area (Å²) in [4.78, 5) is 27.6. The van der Waals surface area contributed by atoms with Gasteiger partial charge in [0, 0.05) is 43.3 Å². The van der Waals surface area contributed by atoms with Gasteiger partial charge in [-0.15, -0.1) is 0 Å². The maximum atomic E-state index is 12.1. The molecule has 1 aromatic carbocycles. The van der Waals surface area contributed by atoms with Crippen LogP contribution in [0.5, 0.6) is 0 Å². The van der Waals surface area contributed by atoms with Crippen molar-refractivity contribution in [3.8, 4) is 0 Å². The zero-order valence-corrected chi connectivity index (χ0v) is 11.4. The Balaban J connectivity index is 1.56. The summed E-state index contributed by atoms with van der Waals surface area (Å²) in [5.41, 5.74) is 2.11. The third-order valence-corrected chi connectivity index (χ3v) is 3.16. The molecule has 0 atom stereocenters. The van der Waals surface area contributed by atoms with Crippen LogP contribution in [0.1, 0.15) is 22.6 Å². The van der Waals surface area contributed by atoms with Crippen LogP contribution in [0.15, 0.2) is 43.0 Å². The monoisotopic (exact) mass is 281 g/mol. The number of hydrogen-bond donors (Lipinski definition) is 2. The summed E-state index contributed by atoms with van der Waals surface area (Å²) in [6.45, 7) is 0.609. The molecule has 3 rings (SSSR count). The van der Waals surface area contributed by atoms with Gasteiger partial charge in [0.2, 0.25) is 0 Å². The number of carbonyl (C=O) groups is 1. The second-order valence-electron chi connectivity index (χ2n) is 4.66. The van der Waals surface area contributed by atoms with Crippen molar-refractivity contribution < 1.29 is 4.79 Å². The van der Waals surface area contributed by atoms with Crippen LogP contribution in [-0.4, -0.2) is 32.4 Å². The molecule has 0 radical (unpaired) electrons. The lowest BCUT2D eigenvalue weighted by atomic mass is 10.2. The summed E-state index contributed by atoms with van der Waals surface area (Å²) in [6, 6.07) is 5.32. The molecule has 0 aliphatic carbocycles. The summed E-state index contributed by atoms with van der Waals surface area (Å²) in [5.74, 6) is 0.840. The van der Waals surface area contributed by atoms with Gasteiger partial charge in [-0.3, -0.25) is 14.8 Å². The van der Waals surface area contributed by atoms with E-state index >= 15 is 0 Å². The molecular formula is C15H15N5O. The summed E-state index contributed by atoms with van der Waals surface area (Å²) in [5, 5.41) is 2.90. The molecule has 0 fully saturated rings. The largest absolute Gasteiger partial charge is 0.352 e. The first kappa shape index (κ1) is 13.2. The van der Waals surface area contributed by atoms with Crippen LogP contribution >= 0.6 is 0 Å². The summed E-state index contributed by atoms with van der Waals surface area (Å²) < 4.78 is 0. The Morgan fingerprint density at radius 2 is 1.95 bits per heavy atom. The molecule has 21 heavy (non-hydrogen) atoms. The highest BCUT2D eigenvalue weighted by Crippen LogP contribution is 2.10. The van der Waals surface area contributed by atoms with Crippen LogP contribution in [0.4, 0.5) is 0 Å². The number of rotatable bonds is 5. The average molecular weight is 281 g/mol. The minimum absolute atomic E-state index is 0.0954. The first-order chi connectivity index (χ1) is 10.3. The Bertz CT molecular complexity index is 739. The second-order valence-corrected chi connectivity index (χ2v) is 4.66. The summed E-state index contributed by atoms with van der Waals surface area (Å²) in [6.07, 6.45) is 8.43. The van der Waals surface area contributed by atoms with Gasteiger partial charge in [-0.25, -0.2) is 4.98 Å². The Labute approximate surface area is 121 Å². The van der Waals surface area contributed by atoms with Crippen molar-refractivity contribution in [2.75, 3.05) is 6.54 Å². The van der Waals surface area contributed by atoms with Crippen molar-refractivity contribution in [2.45, 2.75) is 12.8 Å². The molecule has 2 heterocycles. The Hall–Kier alpha value is -2.76. The van der Waals surface area contributed by atoms with Gasteiger partial charge in [-0.1, -0.05) is 0 Å². The fourth-order valence-corrected chi connectivity index (χ4v) is 2.10. The van der Waals surface area contributed by atoms with Crippen LogP contribution in [0.2, 0.25) is 0 Å². The first-order valence-corrected chi connectivity index (χ1v) is 6.80. The molecule has 0 unspecified atom stereocenters. The molecule has 6 nitrogen and oxygen atoms in total. The van der Waals surface area contributed by atoms with Gasteiger partial charge in [-0.2, -0.15) is 0 Å². The maximum absolute atomic E-state index is 12.1. The van der Waals surface area contributed by atoms with E-state index in [0.29, 0.717) is 12.1 Å². The normalized spacial score (nSPS) is 10.7. The average Bonchev–Trinajstić information content (AvgIpc) is 3.04. The SMILES string of the molecule is O=C(NCCCc1ncc[nH]1)c1ccc2nccnc2c1. The van der Waals surface area contributed by atoms with Crippen LogP contribution in [0.3, 0.4) is 0 Å². The molecule has 0 aliphatic rings. The number of carbonyl (C=O) groups excluding carboxylic acids is 1. The lowest BCUT2D eigenvalue weighted by Crippen LogP contribution is -2.24. The highest BCUT2D eigenvalue weighted by Gasteiger charge is 2.06. The zero-order valence-electron chi connectivity index (χ0n) is 11.4. The van der Waals surface area contributed by atoms with Gasteiger partial charge >= 0.3 is 0 Å². The first-order valence-electron chi connectivity index (χ1n) is 6.80. The van der Waals surface area contributed by atoms with E-state index in [1.165, 1.54) is 0 Å².